The first-order chi connectivity index (χ1) is 21.8. The summed E-state index contributed by atoms with van der Waals surface area (Å²) in [4.78, 5) is 38.4. The van der Waals surface area contributed by atoms with E-state index in [-0.39, 0.29) is 39.4 Å². The zero-order chi connectivity index (χ0) is 34.5. The number of esters is 1. The zero-order valence-corrected chi connectivity index (χ0v) is 29.2. The van der Waals surface area contributed by atoms with Crippen molar-refractivity contribution in [2.24, 2.45) is 50.2 Å². The molecule has 10 nitrogen and oxygen atoms in total. The molecule has 264 valence electrons. The summed E-state index contributed by atoms with van der Waals surface area (Å²) in [7, 11) is 1.14. The van der Waals surface area contributed by atoms with Gasteiger partial charge in [-0.3, -0.25) is 4.79 Å². The van der Waals surface area contributed by atoms with Crippen LogP contribution in [0.2, 0.25) is 0 Å². The Labute approximate surface area is 278 Å². The number of aliphatic hydroxyl groups excluding tert-OH is 3. The molecule has 1 heterocycles. The fourth-order valence-corrected chi connectivity index (χ4v) is 12.1. The third-order valence-electron chi connectivity index (χ3n) is 15.3. The number of ether oxygens (including phenoxy) is 3. The minimum Gasteiger partial charge on any atom is -0.481 e. The minimum absolute atomic E-state index is 0.0276. The molecule has 0 aromatic heterocycles. The summed E-state index contributed by atoms with van der Waals surface area (Å²) in [5.41, 5.74) is -0.624. The molecule has 0 aromatic carbocycles. The number of aldehydes is 1. The number of rotatable bonds is 5. The molecule has 6 rings (SSSR count). The maximum absolute atomic E-state index is 13.2. The van der Waals surface area contributed by atoms with Crippen LogP contribution in [0.1, 0.15) is 106 Å². The highest BCUT2D eigenvalue weighted by atomic mass is 16.7. The number of carbonyl (C=O) groups is 3. The third kappa shape index (κ3) is 4.78. The van der Waals surface area contributed by atoms with Crippen molar-refractivity contribution in [3.05, 3.63) is 11.6 Å². The van der Waals surface area contributed by atoms with Crippen molar-refractivity contribution in [2.75, 3.05) is 7.11 Å². The van der Waals surface area contributed by atoms with Gasteiger partial charge in [0.05, 0.1) is 24.0 Å². The number of hydrogen-bond donors (Lipinski definition) is 4. The minimum atomic E-state index is -1.70. The Bertz CT molecular complexity index is 1330. The molecule has 0 spiro atoms. The van der Waals surface area contributed by atoms with Crippen LogP contribution in [0.5, 0.6) is 0 Å². The summed E-state index contributed by atoms with van der Waals surface area (Å²) in [6.45, 7) is 13.6. The van der Waals surface area contributed by atoms with Crippen LogP contribution < -0.4 is 0 Å². The highest BCUT2D eigenvalue weighted by Crippen LogP contribution is 2.75. The number of aliphatic carboxylic acids is 1. The van der Waals surface area contributed by atoms with Gasteiger partial charge in [0.2, 0.25) is 0 Å². The van der Waals surface area contributed by atoms with Gasteiger partial charge in [-0.05, 0) is 104 Å². The molecular weight excluding hydrogens is 604 g/mol. The van der Waals surface area contributed by atoms with E-state index in [0.29, 0.717) is 12.8 Å². The molecule has 0 unspecified atom stereocenters. The Hall–Kier alpha value is -1.85. The van der Waals surface area contributed by atoms with Crippen molar-refractivity contribution < 1.29 is 49.0 Å². The van der Waals surface area contributed by atoms with E-state index in [2.05, 4.69) is 40.7 Å². The molecule has 47 heavy (non-hydrogen) atoms. The van der Waals surface area contributed by atoms with Gasteiger partial charge in [0, 0.05) is 0 Å². The predicted molar refractivity (Wildman–Crippen MR) is 171 cm³/mol. The van der Waals surface area contributed by atoms with E-state index < -0.39 is 59.6 Å². The first-order valence-corrected chi connectivity index (χ1v) is 17.7. The topological polar surface area (TPSA) is 160 Å². The summed E-state index contributed by atoms with van der Waals surface area (Å²) >= 11 is 0. The first-order valence-electron chi connectivity index (χ1n) is 17.7. The van der Waals surface area contributed by atoms with Gasteiger partial charge in [-0.2, -0.15) is 0 Å². The van der Waals surface area contributed by atoms with Crippen LogP contribution in [0.15, 0.2) is 11.6 Å². The molecule has 0 bridgehead atoms. The van der Waals surface area contributed by atoms with E-state index >= 15 is 0 Å². The monoisotopic (exact) mass is 660 g/mol. The molecule has 5 aliphatic carbocycles. The average Bonchev–Trinajstić information content (AvgIpc) is 3.02. The average molecular weight is 661 g/mol. The van der Waals surface area contributed by atoms with Crippen LogP contribution in [-0.2, 0) is 28.6 Å². The summed E-state index contributed by atoms with van der Waals surface area (Å²) in [6, 6.07) is 0. The van der Waals surface area contributed by atoms with Gasteiger partial charge in [-0.15, -0.1) is 0 Å². The van der Waals surface area contributed by atoms with Crippen LogP contribution in [-0.4, -0.2) is 82.6 Å². The number of allylic oxidation sites excluding steroid dienone is 2. The van der Waals surface area contributed by atoms with E-state index in [1.165, 1.54) is 5.57 Å². The Morgan fingerprint density at radius 1 is 0.894 bits per heavy atom. The summed E-state index contributed by atoms with van der Waals surface area (Å²) in [5.74, 6) is -1.27. The Balaban J connectivity index is 1.31. The molecule has 14 atom stereocenters. The standard InChI is InChI=1S/C37H56O10/c1-32(2)14-16-37(31(43)44)17-15-35(5)20(21(37)18-32)8-9-23-33(3)12-11-24(34(4,19-38)22(33)10-13-36(23,35)6)46-30-27(41)25(39)26(40)28(47-30)29(42)45-7/h8,19,21-28,30,39-41H,9-18H2,1-7H3,(H,43,44)/t21-,22+,23+,24-,25-,26-,27+,28-,30+,33-,34-,35+,36+,37-/m0/s1. The molecular formula is C37H56O10. The van der Waals surface area contributed by atoms with E-state index in [0.717, 1.165) is 64.8 Å². The van der Waals surface area contributed by atoms with Crippen LogP contribution in [0.3, 0.4) is 0 Å². The summed E-state index contributed by atoms with van der Waals surface area (Å²) in [5, 5.41) is 42.3. The fourth-order valence-electron chi connectivity index (χ4n) is 12.1. The number of carboxylic acid groups (broad SMARTS) is 1. The molecule has 1 saturated heterocycles. The lowest BCUT2D eigenvalue weighted by Crippen LogP contribution is -2.67. The molecule has 0 amide bonds. The van der Waals surface area contributed by atoms with Crippen LogP contribution in [0, 0.1) is 50.2 Å². The van der Waals surface area contributed by atoms with Crippen molar-refractivity contribution in [1.82, 2.24) is 0 Å². The largest absolute Gasteiger partial charge is 0.481 e. The zero-order valence-electron chi connectivity index (χ0n) is 29.2. The lowest BCUT2D eigenvalue weighted by atomic mass is 9.33. The van der Waals surface area contributed by atoms with Crippen molar-refractivity contribution in [3.63, 3.8) is 0 Å². The van der Waals surface area contributed by atoms with Crippen LogP contribution >= 0.6 is 0 Å². The van der Waals surface area contributed by atoms with Gasteiger partial charge in [0.15, 0.2) is 12.4 Å². The van der Waals surface area contributed by atoms with Crippen molar-refractivity contribution >= 4 is 18.2 Å². The summed E-state index contributed by atoms with van der Waals surface area (Å²) in [6.07, 6.45) is 2.67. The maximum atomic E-state index is 13.2. The molecule has 5 fully saturated rings. The van der Waals surface area contributed by atoms with Gasteiger partial charge < -0.3 is 39.4 Å². The molecule has 6 aliphatic rings. The second-order valence-corrected chi connectivity index (χ2v) is 17.7. The number of carbonyl (C=O) groups excluding carboxylic acids is 2. The van der Waals surface area contributed by atoms with Gasteiger partial charge in [0.25, 0.3) is 0 Å². The van der Waals surface area contributed by atoms with Crippen LogP contribution in [0.4, 0.5) is 0 Å². The smallest absolute Gasteiger partial charge is 0.337 e. The summed E-state index contributed by atoms with van der Waals surface area (Å²) < 4.78 is 16.7. The number of methoxy groups -OCH3 is 1. The SMILES string of the molecule is COC(=O)[C@H]1O[C@@H](O[C@H]2CC[C@]3(C)[C@H]4CC=C5[C@@H]6CC(C)(C)CC[C@]6(C(=O)O)CC[C@@]5(C)[C@]4(C)CC[C@H]3[C@]2(C)C=O)[C@H](O)[C@@H](O)[C@@H]1O. The second-order valence-electron chi connectivity index (χ2n) is 17.7. The van der Waals surface area contributed by atoms with Crippen molar-refractivity contribution in [1.29, 1.82) is 0 Å². The molecule has 1 aliphatic heterocycles. The van der Waals surface area contributed by atoms with Gasteiger partial charge >= 0.3 is 11.9 Å². The van der Waals surface area contributed by atoms with Crippen molar-refractivity contribution in [2.45, 2.75) is 143 Å². The maximum Gasteiger partial charge on any atom is 0.337 e. The van der Waals surface area contributed by atoms with E-state index in [1.54, 1.807) is 0 Å². The van der Waals surface area contributed by atoms with E-state index in [9.17, 15) is 34.8 Å². The molecule has 4 N–H and O–H groups in total. The number of carboxylic acids is 1. The number of fused-ring (bicyclic) bond motifs is 7. The highest BCUT2D eigenvalue weighted by Gasteiger charge is 2.70. The number of hydrogen-bond acceptors (Lipinski definition) is 9. The molecule has 0 radical (unpaired) electrons. The van der Waals surface area contributed by atoms with Gasteiger partial charge in [-0.25, -0.2) is 4.79 Å². The number of aliphatic hydroxyl groups is 3. The lowest BCUT2D eigenvalue weighted by Gasteiger charge is -2.71. The lowest BCUT2D eigenvalue weighted by molar-refractivity contribution is -0.321. The Kier molecular flexibility index (Phi) is 8.44. The highest BCUT2D eigenvalue weighted by molar-refractivity contribution is 5.77. The second kappa shape index (κ2) is 11.3. The Morgan fingerprint density at radius 3 is 2.21 bits per heavy atom. The quantitative estimate of drug-likeness (QED) is 0.144. The molecule has 4 saturated carbocycles. The normalized spacial score (nSPS) is 52.0. The third-order valence-corrected chi connectivity index (χ3v) is 15.3. The van der Waals surface area contributed by atoms with Gasteiger partial charge in [-0.1, -0.05) is 53.2 Å². The van der Waals surface area contributed by atoms with E-state index in [1.807, 2.05) is 6.92 Å². The molecule has 0 aromatic rings. The fraction of sp³-hybridized carbons (Fsp3) is 0.865. The molecule has 10 heteroatoms. The van der Waals surface area contributed by atoms with Crippen LogP contribution in [0.25, 0.3) is 0 Å². The van der Waals surface area contributed by atoms with Crippen molar-refractivity contribution in [3.8, 4) is 0 Å². The predicted octanol–water partition coefficient (Wildman–Crippen LogP) is 4.42. The first kappa shape index (κ1) is 35.0. The van der Waals surface area contributed by atoms with E-state index in [4.69, 9.17) is 14.2 Å². The van der Waals surface area contributed by atoms with Gasteiger partial charge in [0.1, 0.15) is 24.6 Å². The Morgan fingerprint density at radius 2 is 1.57 bits per heavy atom.